The molecule has 0 bridgehead atoms. The summed E-state index contributed by atoms with van der Waals surface area (Å²) in [5, 5.41) is 13.0. The van der Waals surface area contributed by atoms with Gasteiger partial charge in [-0.1, -0.05) is 24.3 Å². The Balaban J connectivity index is 1.60. The molecule has 0 aliphatic carbocycles. The Morgan fingerprint density at radius 2 is 1.62 bits per heavy atom. The van der Waals surface area contributed by atoms with Gasteiger partial charge in [0.15, 0.2) is 5.60 Å². The summed E-state index contributed by atoms with van der Waals surface area (Å²) < 4.78 is 12.8. The molecule has 0 radical (unpaired) electrons. The van der Waals surface area contributed by atoms with Crippen LogP contribution in [0.4, 0.5) is 17.1 Å². The first-order valence-corrected chi connectivity index (χ1v) is 13.0. The number of esters is 1. The van der Waals surface area contributed by atoms with E-state index in [1.54, 1.807) is 6.07 Å². The predicted molar refractivity (Wildman–Crippen MR) is 150 cm³/mol. The van der Waals surface area contributed by atoms with Crippen LogP contribution in [0, 0.1) is 6.92 Å². The van der Waals surface area contributed by atoms with E-state index in [9.17, 15) is 14.7 Å². The van der Waals surface area contributed by atoms with Crippen LogP contribution >= 0.6 is 0 Å². The van der Waals surface area contributed by atoms with Crippen LogP contribution in [0.15, 0.2) is 78.9 Å². The number of hydrogen-bond donors (Lipinski definition) is 2. The molecule has 196 valence electrons. The molecule has 6 rings (SSSR count). The maximum absolute atomic E-state index is 13.4. The number of carboxylic acids is 1. The van der Waals surface area contributed by atoms with Crippen LogP contribution < -0.4 is 15.0 Å². The Morgan fingerprint density at radius 1 is 0.897 bits per heavy atom. The van der Waals surface area contributed by atoms with Crippen LogP contribution in [-0.2, 0) is 10.3 Å². The quantitative estimate of drug-likeness (QED) is 0.269. The van der Waals surface area contributed by atoms with E-state index in [1.165, 1.54) is 12.1 Å². The van der Waals surface area contributed by atoms with Gasteiger partial charge in [-0.25, -0.2) is 9.59 Å². The summed E-state index contributed by atoms with van der Waals surface area (Å²) in [5.74, 6) is -0.498. The standard InChI is InChI=1S/C32H28N2O5/c1-4-34(5-2)22-12-14-25-29(17-22)38-28-15-19(3)27(33-21-9-7-6-8-10-21)18-26(28)32(25)24-13-11-20(30(35)36)16-23(24)31(37)39-32/h6-18,33H,4-5H2,1-3H3,(H,35,36)/t32-/m0/s1. The first-order chi connectivity index (χ1) is 18.8. The van der Waals surface area contributed by atoms with Crippen molar-refractivity contribution in [2.45, 2.75) is 26.4 Å². The first kappa shape index (κ1) is 24.6. The zero-order valence-corrected chi connectivity index (χ0v) is 21.9. The van der Waals surface area contributed by atoms with Gasteiger partial charge in [-0.05, 0) is 74.9 Å². The molecular weight excluding hydrogens is 492 g/mol. The van der Waals surface area contributed by atoms with Gasteiger partial charge in [0.2, 0.25) is 0 Å². The molecule has 0 unspecified atom stereocenters. The van der Waals surface area contributed by atoms with E-state index in [2.05, 4.69) is 24.1 Å². The Kier molecular flexibility index (Phi) is 5.79. The number of carbonyl (C=O) groups is 2. The molecule has 2 heterocycles. The Morgan fingerprint density at radius 3 is 2.33 bits per heavy atom. The molecule has 0 fully saturated rings. The van der Waals surface area contributed by atoms with Crippen molar-refractivity contribution in [2.24, 2.45) is 0 Å². The zero-order chi connectivity index (χ0) is 27.3. The van der Waals surface area contributed by atoms with Crippen molar-refractivity contribution in [3.8, 4) is 11.5 Å². The lowest BCUT2D eigenvalue weighted by Crippen LogP contribution is -2.33. The lowest BCUT2D eigenvalue weighted by Gasteiger charge is -2.37. The molecular formula is C32H28N2O5. The lowest BCUT2D eigenvalue weighted by molar-refractivity contribution is 0.0224. The second kappa shape index (κ2) is 9.20. The van der Waals surface area contributed by atoms with Crippen molar-refractivity contribution in [2.75, 3.05) is 23.3 Å². The number of nitrogens with one attached hydrogen (secondary N) is 1. The third-order valence-electron chi connectivity index (χ3n) is 7.56. The van der Waals surface area contributed by atoms with Crippen LogP contribution in [0.3, 0.4) is 0 Å². The minimum atomic E-state index is -1.30. The summed E-state index contributed by atoms with van der Waals surface area (Å²) in [6, 6.07) is 24.3. The molecule has 2 N–H and O–H groups in total. The van der Waals surface area contributed by atoms with Crippen LogP contribution in [0.25, 0.3) is 0 Å². The number of rotatable bonds is 6. The van der Waals surface area contributed by atoms with Crippen LogP contribution in [-0.4, -0.2) is 30.1 Å². The smallest absolute Gasteiger partial charge is 0.340 e. The van der Waals surface area contributed by atoms with Gasteiger partial charge in [0.1, 0.15) is 11.5 Å². The van der Waals surface area contributed by atoms with E-state index >= 15 is 0 Å². The summed E-state index contributed by atoms with van der Waals surface area (Å²) in [6.07, 6.45) is 0. The number of anilines is 3. The molecule has 0 amide bonds. The van der Waals surface area contributed by atoms with E-state index in [-0.39, 0.29) is 11.1 Å². The van der Waals surface area contributed by atoms with Crippen LogP contribution in [0.2, 0.25) is 0 Å². The number of para-hydroxylation sites is 1. The number of carboxylic acid groups (broad SMARTS) is 1. The highest BCUT2D eigenvalue weighted by atomic mass is 16.6. The highest BCUT2D eigenvalue weighted by Crippen LogP contribution is 2.57. The van der Waals surface area contributed by atoms with Gasteiger partial charge in [0.25, 0.3) is 0 Å². The monoisotopic (exact) mass is 520 g/mol. The van der Waals surface area contributed by atoms with E-state index in [0.29, 0.717) is 28.2 Å². The number of nitrogens with zero attached hydrogens (tertiary/aromatic N) is 1. The second-order valence-corrected chi connectivity index (χ2v) is 9.75. The Bertz CT molecular complexity index is 1630. The minimum Gasteiger partial charge on any atom is -0.478 e. The van der Waals surface area contributed by atoms with Gasteiger partial charge < -0.3 is 24.8 Å². The third-order valence-corrected chi connectivity index (χ3v) is 7.56. The molecule has 0 saturated carbocycles. The number of aromatic carboxylic acids is 1. The Hall–Kier alpha value is -4.78. The van der Waals surface area contributed by atoms with Crippen molar-refractivity contribution in [1.29, 1.82) is 0 Å². The van der Waals surface area contributed by atoms with Crippen LogP contribution in [0.1, 0.15) is 56.8 Å². The van der Waals surface area contributed by atoms with Crippen molar-refractivity contribution >= 4 is 29.0 Å². The maximum atomic E-state index is 13.4. The number of carbonyl (C=O) groups excluding carboxylic acids is 1. The van der Waals surface area contributed by atoms with Gasteiger partial charge in [0, 0.05) is 52.9 Å². The highest BCUT2D eigenvalue weighted by Gasteiger charge is 2.54. The molecule has 7 heteroatoms. The molecule has 0 aromatic heterocycles. The predicted octanol–water partition coefficient (Wildman–Crippen LogP) is 6.85. The van der Waals surface area contributed by atoms with Gasteiger partial charge >= 0.3 is 11.9 Å². The molecule has 7 nitrogen and oxygen atoms in total. The lowest BCUT2D eigenvalue weighted by atomic mass is 9.77. The number of fused-ring (bicyclic) bond motifs is 6. The van der Waals surface area contributed by atoms with E-state index in [4.69, 9.17) is 9.47 Å². The van der Waals surface area contributed by atoms with Crippen molar-refractivity contribution in [3.05, 3.63) is 112 Å². The summed E-state index contributed by atoms with van der Waals surface area (Å²) >= 11 is 0. The van der Waals surface area contributed by atoms with Crippen molar-refractivity contribution in [3.63, 3.8) is 0 Å². The molecule has 39 heavy (non-hydrogen) atoms. The fraction of sp³-hybridized carbons (Fsp3) is 0.188. The van der Waals surface area contributed by atoms with Gasteiger partial charge in [-0.15, -0.1) is 0 Å². The summed E-state index contributed by atoms with van der Waals surface area (Å²) in [4.78, 5) is 27.3. The van der Waals surface area contributed by atoms with E-state index < -0.39 is 17.5 Å². The minimum absolute atomic E-state index is 0.0301. The first-order valence-electron chi connectivity index (χ1n) is 13.0. The topological polar surface area (TPSA) is 88.1 Å². The largest absolute Gasteiger partial charge is 0.478 e. The summed E-state index contributed by atoms with van der Waals surface area (Å²) in [5.41, 5.74) is 4.65. The molecule has 4 aromatic carbocycles. The number of benzene rings is 4. The number of hydrogen-bond acceptors (Lipinski definition) is 6. The Labute approximate surface area is 226 Å². The fourth-order valence-corrected chi connectivity index (χ4v) is 5.59. The van der Waals surface area contributed by atoms with E-state index in [1.807, 2.05) is 67.6 Å². The van der Waals surface area contributed by atoms with Crippen molar-refractivity contribution < 1.29 is 24.2 Å². The third kappa shape index (κ3) is 3.81. The van der Waals surface area contributed by atoms with Gasteiger partial charge in [-0.3, -0.25) is 0 Å². The molecule has 1 spiro atoms. The summed E-state index contributed by atoms with van der Waals surface area (Å²) in [6.45, 7) is 7.86. The average Bonchev–Trinajstić information content (AvgIpc) is 3.23. The molecule has 2 aliphatic rings. The fourth-order valence-electron chi connectivity index (χ4n) is 5.59. The molecule has 2 aliphatic heterocycles. The van der Waals surface area contributed by atoms with Crippen LogP contribution in [0.5, 0.6) is 11.5 Å². The average molecular weight is 521 g/mol. The normalized spacial score (nSPS) is 16.5. The maximum Gasteiger partial charge on any atom is 0.340 e. The molecule has 4 aromatic rings. The summed E-state index contributed by atoms with van der Waals surface area (Å²) in [7, 11) is 0. The van der Waals surface area contributed by atoms with Gasteiger partial charge in [-0.2, -0.15) is 0 Å². The molecule has 0 saturated heterocycles. The van der Waals surface area contributed by atoms with Gasteiger partial charge in [0.05, 0.1) is 11.1 Å². The molecule has 1 atom stereocenters. The second-order valence-electron chi connectivity index (χ2n) is 9.75. The zero-order valence-electron chi connectivity index (χ0n) is 21.9. The SMILES string of the molecule is CCN(CC)c1ccc2c(c1)Oc1cc(C)c(Nc3ccccc3)cc1[C@@]21OC(=O)c2cc(C(=O)O)ccc21. The highest BCUT2D eigenvalue weighted by molar-refractivity contribution is 6.00. The van der Waals surface area contributed by atoms with Crippen molar-refractivity contribution in [1.82, 2.24) is 0 Å². The van der Waals surface area contributed by atoms with E-state index in [0.717, 1.165) is 35.7 Å². The number of aryl methyl sites for hydroxylation is 1. The number of ether oxygens (including phenoxy) is 2.